The van der Waals surface area contributed by atoms with Crippen molar-refractivity contribution in [2.24, 2.45) is 0 Å². The molecule has 0 bridgehead atoms. The molecule has 2 amide bonds. The highest BCUT2D eigenvalue weighted by Gasteiger charge is 2.25. The van der Waals surface area contributed by atoms with Crippen LogP contribution in [-0.4, -0.2) is 18.4 Å². The average molecular weight is 338 g/mol. The monoisotopic (exact) mass is 338 g/mol. The minimum absolute atomic E-state index is 0.0185. The van der Waals surface area contributed by atoms with E-state index in [1.54, 1.807) is 6.07 Å². The predicted octanol–water partition coefficient (Wildman–Crippen LogP) is 2.78. The van der Waals surface area contributed by atoms with Gasteiger partial charge in [0.15, 0.2) is 23.3 Å². The van der Waals surface area contributed by atoms with Crippen LogP contribution in [0.25, 0.3) is 0 Å². The number of fused-ring (bicyclic) bond motifs is 1. The van der Waals surface area contributed by atoms with Gasteiger partial charge in [0.2, 0.25) is 0 Å². The Morgan fingerprint density at radius 3 is 2.38 bits per heavy atom. The summed E-state index contributed by atoms with van der Waals surface area (Å²) in [6.07, 6.45) is 0.605. The zero-order valence-corrected chi connectivity index (χ0v) is 12.1. The topological polar surface area (TPSA) is 58.2 Å². The van der Waals surface area contributed by atoms with Crippen LogP contribution in [0.2, 0.25) is 0 Å². The van der Waals surface area contributed by atoms with Gasteiger partial charge >= 0.3 is 0 Å². The first-order valence-corrected chi connectivity index (χ1v) is 6.94. The number of carbonyl (C=O) groups excluding carboxylic acids is 2. The molecule has 0 radical (unpaired) electrons. The number of carbonyl (C=O) groups is 2. The van der Waals surface area contributed by atoms with Gasteiger partial charge in [0.1, 0.15) is 5.56 Å². The van der Waals surface area contributed by atoms with E-state index in [0.717, 1.165) is 5.56 Å². The van der Waals surface area contributed by atoms with Crippen LogP contribution in [0.1, 0.15) is 26.3 Å². The lowest BCUT2D eigenvalue weighted by atomic mass is 9.99. The highest BCUT2D eigenvalue weighted by Crippen LogP contribution is 2.23. The van der Waals surface area contributed by atoms with Crippen LogP contribution in [-0.2, 0) is 6.42 Å². The van der Waals surface area contributed by atoms with Gasteiger partial charge < -0.3 is 10.6 Å². The molecule has 3 rings (SSSR count). The predicted molar refractivity (Wildman–Crippen MR) is 76.7 cm³/mol. The van der Waals surface area contributed by atoms with Crippen LogP contribution in [0.4, 0.5) is 23.2 Å². The lowest BCUT2D eigenvalue weighted by Crippen LogP contribution is -2.31. The Hall–Kier alpha value is -2.90. The van der Waals surface area contributed by atoms with Gasteiger partial charge in [-0.1, -0.05) is 6.07 Å². The number of amides is 2. The van der Waals surface area contributed by atoms with Crippen LogP contribution >= 0.6 is 0 Å². The van der Waals surface area contributed by atoms with E-state index >= 15 is 0 Å². The molecule has 0 saturated heterocycles. The Balaban J connectivity index is 1.94. The van der Waals surface area contributed by atoms with Gasteiger partial charge in [0, 0.05) is 23.9 Å². The summed E-state index contributed by atoms with van der Waals surface area (Å²) in [6, 6.07) is 4.36. The molecule has 124 valence electrons. The van der Waals surface area contributed by atoms with E-state index in [2.05, 4.69) is 10.6 Å². The lowest BCUT2D eigenvalue weighted by Gasteiger charge is -2.17. The maximum Gasteiger partial charge on any atom is 0.261 e. The van der Waals surface area contributed by atoms with Crippen molar-refractivity contribution in [3.05, 3.63) is 64.2 Å². The van der Waals surface area contributed by atoms with Crippen molar-refractivity contribution in [1.29, 1.82) is 0 Å². The molecule has 2 N–H and O–H groups in total. The first-order chi connectivity index (χ1) is 11.4. The van der Waals surface area contributed by atoms with Gasteiger partial charge in [-0.05, 0) is 24.1 Å². The fraction of sp³-hybridized carbons (Fsp3) is 0.125. The molecule has 8 heteroatoms. The van der Waals surface area contributed by atoms with E-state index in [4.69, 9.17) is 0 Å². The van der Waals surface area contributed by atoms with Gasteiger partial charge in [-0.3, -0.25) is 9.59 Å². The SMILES string of the molecule is O=C1NCCc2ccc(NC(=O)c3c(F)c(F)cc(F)c3F)cc21. The van der Waals surface area contributed by atoms with Gasteiger partial charge in [-0.2, -0.15) is 0 Å². The third-order valence-electron chi connectivity index (χ3n) is 3.63. The van der Waals surface area contributed by atoms with E-state index < -0.39 is 34.7 Å². The smallest absolute Gasteiger partial charge is 0.261 e. The van der Waals surface area contributed by atoms with E-state index in [1.807, 2.05) is 0 Å². The summed E-state index contributed by atoms with van der Waals surface area (Å²) >= 11 is 0. The molecule has 0 atom stereocenters. The highest BCUT2D eigenvalue weighted by atomic mass is 19.2. The second kappa shape index (κ2) is 5.95. The summed E-state index contributed by atoms with van der Waals surface area (Å²) in [7, 11) is 0. The number of halogens is 4. The fourth-order valence-corrected chi connectivity index (χ4v) is 2.46. The summed E-state index contributed by atoms with van der Waals surface area (Å²) in [5.41, 5.74) is -0.231. The van der Waals surface area contributed by atoms with Crippen molar-refractivity contribution in [3.8, 4) is 0 Å². The average Bonchev–Trinajstić information content (AvgIpc) is 2.54. The number of rotatable bonds is 2. The summed E-state index contributed by atoms with van der Waals surface area (Å²) in [6.45, 7) is 0.483. The molecule has 24 heavy (non-hydrogen) atoms. The van der Waals surface area contributed by atoms with Crippen molar-refractivity contribution < 1.29 is 27.2 Å². The van der Waals surface area contributed by atoms with Crippen LogP contribution in [0.3, 0.4) is 0 Å². The Morgan fingerprint density at radius 2 is 1.71 bits per heavy atom. The van der Waals surface area contributed by atoms with Gasteiger partial charge in [0.05, 0.1) is 0 Å². The van der Waals surface area contributed by atoms with E-state index in [0.29, 0.717) is 18.5 Å². The van der Waals surface area contributed by atoms with Crippen molar-refractivity contribution in [1.82, 2.24) is 5.32 Å². The molecule has 0 spiro atoms. The van der Waals surface area contributed by atoms with Crippen molar-refractivity contribution in [3.63, 3.8) is 0 Å². The number of hydrogen-bond donors (Lipinski definition) is 2. The molecule has 0 aromatic heterocycles. The largest absolute Gasteiger partial charge is 0.352 e. The molecule has 2 aromatic carbocycles. The second-order valence-corrected chi connectivity index (χ2v) is 5.18. The highest BCUT2D eigenvalue weighted by molar-refractivity contribution is 6.05. The standard InChI is InChI=1S/C16H10F4N2O2/c17-10-6-11(18)14(20)12(13(10)19)16(24)22-8-2-1-7-3-4-21-15(23)9(7)5-8/h1-2,5-6H,3-4H2,(H,21,23)(H,22,24). The molecule has 4 nitrogen and oxygen atoms in total. The Kier molecular flexibility index (Phi) is 3.96. The van der Waals surface area contributed by atoms with Crippen molar-refractivity contribution in [2.45, 2.75) is 6.42 Å². The number of anilines is 1. The Labute approximate surface area is 133 Å². The van der Waals surface area contributed by atoms with Crippen LogP contribution in [0.5, 0.6) is 0 Å². The molecule has 0 unspecified atom stereocenters. The summed E-state index contributed by atoms with van der Waals surface area (Å²) in [4.78, 5) is 23.7. The van der Waals surface area contributed by atoms with Gasteiger partial charge in [0.25, 0.3) is 11.8 Å². The molecule has 1 aliphatic rings. The van der Waals surface area contributed by atoms with Crippen LogP contribution in [0.15, 0.2) is 24.3 Å². The van der Waals surface area contributed by atoms with Crippen LogP contribution in [0, 0.1) is 23.3 Å². The maximum absolute atomic E-state index is 13.6. The quantitative estimate of drug-likeness (QED) is 0.653. The molecule has 1 heterocycles. The molecule has 1 aliphatic heterocycles. The minimum Gasteiger partial charge on any atom is -0.352 e. The van der Waals surface area contributed by atoms with E-state index in [9.17, 15) is 27.2 Å². The summed E-state index contributed by atoms with van der Waals surface area (Å²) in [5.74, 6) is -8.64. The second-order valence-electron chi connectivity index (χ2n) is 5.18. The first kappa shape index (κ1) is 16.0. The van der Waals surface area contributed by atoms with Crippen molar-refractivity contribution in [2.75, 3.05) is 11.9 Å². The van der Waals surface area contributed by atoms with Gasteiger partial charge in [-0.25, -0.2) is 17.6 Å². The van der Waals surface area contributed by atoms with Crippen LogP contribution < -0.4 is 10.6 Å². The molecule has 0 saturated carbocycles. The summed E-state index contributed by atoms with van der Waals surface area (Å²) in [5, 5.41) is 4.75. The van der Waals surface area contributed by atoms with Gasteiger partial charge in [-0.15, -0.1) is 0 Å². The first-order valence-electron chi connectivity index (χ1n) is 6.94. The molecule has 0 fully saturated rings. The third kappa shape index (κ3) is 2.70. The third-order valence-corrected chi connectivity index (χ3v) is 3.63. The zero-order valence-electron chi connectivity index (χ0n) is 12.1. The molecular weight excluding hydrogens is 328 g/mol. The molecule has 2 aromatic rings. The normalized spacial score (nSPS) is 13.2. The van der Waals surface area contributed by atoms with E-state index in [-0.39, 0.29) is 17.7 Å². The Morgan fingerprint density at radius 1 is 1.04 bits per heavy atom. The summed E-state index contributed by atoms with van der Waals surface area (Å²) < 4.78 is 53.6. The molecular formula is C16H10F4N2O2. The zero-order chi connectivity index (χ0) is 17.4. The molecule has 0 aliphatic carbocycles. The fourth-order valence-electron chi connectivity index (χ4n) is 2.46. The van der Waals surface area contributed by atoms with E-state index in [1.165, 1.54) is 12.1 Å². The van der Waals surface area contributed by atoms with Crippen molar-refractivity contribution >= 4 is 17.5 Å². The number of benzene rings is 2. The lowest BCUT2D eigenvalue weighted by molar-refractivity contribution is 0.0944. The Bertz CT molecular complexity index is 841. The number of nitrogens with one attached hydrogen (secondary N) is 2. The maximum atomic E-state index is 13.6. The number of hydrogen-bond acceptors (Lipinski definition) is 2. The minimum atomic E-state index is -1.79.